The van der Waals surface area contributed by atoms with E-state index in [1.807, 2.05) is 36.4 Å². The number of nitrogens with zero attached hydrogens (tertiary/aromatic N) is 2. The van der Waals surface area contributed by atoms with Gasteiger partial charge in [0.15, 0.2) is 0 Å². The van der Waals surface area contributed by atoms with E-state index in [9.17, 15) is 18.0 Å². The molecule has 1 heterocycles. The molecule has 1 N–H and O–H groups in total. The largest absolute Gasteiger partial charge is 0.417 e. The molecule has 4 nitrogen and oxygen atoms in total. The van der Waals surface area contributed by atoms with Crippen LogP contribution in [0.1, 0.15) is 22.7 Å². The Kier molecular flexibility index (Phi) is 5.69. The molecule has 0 aliphatic carbocycles. The van der Waals surface area contributed by atoms with Crippen molar-refractivity contribution in [3.8, 4) is 0 Å². The van der Waals surface area contributed by atoms with Crippen molar-refractivity contribution < 1.29 is 18.0 Å². The molecular weight excluding hydrogens is 427 g/mol. The maximum Gasteiger partial charge on any atom is 0.417 e. The van der Waals surface area contributed by atoms with Gasteiger partial charge in [-0.25, -0.2) is 4.79 Å². The monoisotopic (exact) mass is 443 g/mol. The summed E-state index contributed by atoms with van der Waals surface area (Å²) in [5, 5.41) is 2.74. The fourth-order valence-electron chi connectivity index (χ4n) is 3.46. The van der Waals surface area contributed by atoms with E-state index >= 15 is 0 Å². The lowest BCUT2D eigenvalue weighted by molar-refractivity contribution is -0.137. The molecular formula is C23H17ClF3N3O. The standard InChI is InChI=1S/C23H17ClF3N3O/c24-19-12-11-17(13-18(19)23(25,26)27)30-20(16-9-5-2-6-10-16)21(29-22(30)31)28-14-15-7-3-1-4-8-15/h1-13,20H,14H2,(H,28,29,31). The summed E-state index contributed by atoms with van der Waals surface area (Å²) in [6, 6.07) is 20.6. The minimum Gasteiger partial charge on any atom is -0.367 e. The van der Waals surface area contributed by atoms with E-state index in [1.54, 1.807) is 24.3 Å². The molecule has 0 fully saturated rings. The number of rotatable bonds is 4. The van der Waals surface area contributed by atoms with Crippen LogP contribution in [0.15, 0.2) is 83.9 Å². The predicted octanol–water partition coefficient (Wildman–Crippen LogP) is 6.23. The summed E-state index contributed by atoms with van der Waals surface area (Å²) in [5.41, 5.74) is 0.762. The molecule has 1 unspecified atom stereocenters. The summed E-state index contributed by atoms with van der Waals surface area (Å²) < 4.78 is 40.2. The SMILES string of the molecule is O=C1N=C(NCc2ccccc2)C(c2ccccc2)N1c1ccc(Cl)c(C(F)(F)F)c1. The Morgan fingerprint density at radius 1 is 0.968 bits per heavy atom. The van der Waals surface area contributed by atoms with Crippen molar-refractivity contribution in [3.05, 3.63) is 101 Å². The second-order valence-electron chi connectivity index (χ2n) is 6.96. The highest BCUT2D eigenvalue weighted by atomic mass is 35.5. The molecule has 0 saturated heterocycles. The van der Waals surface area contributed by atoms with Crippen molar-refractivity contribution in [3.63, 3.8) is 0 Å². The van der Waals surface area contributed by atoms with Crippen molar-refractivity contribution in [1.29, 1.82) is 0 Å². The summed E-state index contributed by atoms with van der Waals surface area (Å²) in [4.78, 5) is 18.2. The van der Waals surface area contributed by atoms with Gasteiger partial charge in [0.1, 0.15) is 11.9 Å². The first-order valence-electron chi connectivity index (χ1n) is 9.46. The minimum atomic E-state index is -4.65. The highest BCUT2D eigenvalue weighted by Crippen LogP contribution is 2.40. The molecule has 0 spiro atoms. The molecule has 2 amide bonds. The summed E-state index contributed by atoms with van der Waals surface area (Å²) in [6.07, 6.45) is -4.65. The molecule has 1 aliphatic heterocycles. The zero-order chi connectivity index (χ0) is 22.0. The van der Waals surface area contributed by atoms with Crippen LogP contribution in [-0.2, 0) is 12.7 Å². The van der Waals surface area contributed by atoms with Crippen LogP contribution in [0.25, 0.3) is 0 Å². The molecule has 1 atom stereocenters. The first-order valence-corrected chi connectivity index (χ1v) is 9.83. The van der Waals surface area contributed by atoms with Gasteiger partial charge in [0.05, 0.1) is 10.6 Å². The maximum atomic E-state index is 13.4. The number of benzene rings is 3. The molecule has 158 valence electrons. The van der Waals surface area contributed by atoms with E-state index in [1.165, 1.54) is 11.0 Å². The molecule has 31 heavy (non-hydrogen) atoms. The zero-order valence-electron chi connectivity index (χ0n) is 16.1. The Bertz CT molecular complexity index is 1120. The van der Waals surface area contributed by atoms with Gasteiger partial charge < -0.3 is 5.32 Å². The van der Waals surface area contributed by atoms with Crippen molar-refractivity contribution >= 4 is 29.2 Å². The Balaban J connectivity index is 1.72. The fourth-order valence-corrected chi connectivity index (χ4v) is 3.68. The number of hydrogen-bond donors (Lipinski definition) is 1. The molecule has 0 saturated carbocycles. The van der Waals surface area contributed by atoms with Crippen LogP contribution in [-0.4, -0.2) is 11.9 Å². The number of carbonyl (C=O) groups excluding carboxylic acids is 1. The first-order chi connectivity index (χ1) is 14.8. The van der Waals surface area contributed by atoms with Gasteiger partial charge in [-0.05, 0) is 29.3 Å². The molecule has 0 aromatic heterocycles. The normalized spacial score (nSPS) is 16.4. The van der Waals surface area contributed by atoms with Gasteiger partial charge in [-0.1, -0.05) is 72.3 Å². The van der Waals surface area contributed by atoms with E-state index < -0.39 is 28.8 Å². The van der Waals surface area contributed by atoms with Crippen molar-refractivity contribution in [2.24, 2.45) is 4.99 Å². The third kappa shape index (κ3) is 4.41. The number of amides is 2. The number of amidine groups is 1. The second kappa shape index (κ2) is 8.43. The average molecular weight is 444 g/mol. The number of carbonyl (C=O) groups is 1. The topological polar surface area (TPSA) is 44.7 Å². The summed E-state index contributed by atoms with van der Waals surface area (Å²) in [5.74, 6) is 0.364. The third-order valence-corrected chi connectivity index (χ3v) is 5.23. The van der Waals surface area contributed by atoms with Crippen LogP contribution in [0.4, 0.5) is 23.7 Å². The number of urea groups is 1. The molecule has 0 radical (unpaired) electrons. The maximum absolute atomic E-state index is 13.4. The van der Waals surface area contributed by atoms with Gasteiger partial charge in [0.2, 0.25) is 0 Å². The van der Waals surface area contributed by atoms with Crippen molar-refractivity contribution in [1.82, 2.24) is 5.32 Å². The van der Waals surface area contributed by atoms with Crippen LogP contribution in [0.3, 0.4) is 0 Å². The molecule has 4 rings (SSSR count). The van der Waals surface area contributed by atoms with Gasteiger partial charge >= 0.3 is 12.2 Å². The lowest BCUT2D eigenvalue weighted by Crippen LogP contribution is -2.36. The summed E-state index contributed by atoms with van der Waals surface area (Å²) in [7, 11) is 0. The second-order valence-corrected chi connectivity index (χ2v) is 7.37. The van der Waals surface area contributed by atoms with E-state index in [0.717, 1.165) is 23.3 Å². The number of aliphatic imine (C=N–C) groups is 1. The van der Waals surface area contributed by atoms with Crippen LogP contribution in [0.5, 0.6) is 0 Å². The third-order valence-electron chi connectivity index (χ3n) is 4.90. The van der Waals surface area contributed by atoms with Gasteiger partial charge in [0.25, 0.3) is 0 Å². The smallest absolute Gasteiger partial charge is 0.367 e. The van der Waals surface area contributed by atoms with Gasteiger partial charge in [-0.2, -0.15) is 18.2 Å². The van der Waals surface area contributed by atoms with Crippen LogP contribution in [0, 0.1) is 0 Å². The number of anilines is 1. The van der Waals surface area contributed by atoms with E-state index in [2.05, 4.69) is 10.3 Å². The van der Waals surface area contributed by atoms with Gasteiger partial charge in [-0.15, -0.1) is 0 Å². The Morgan fingerprint density at radius 2 is 1.61 bits per heavy atom. The lowest BCUT2D eigenvalue weighted by Gasteiger charge is -2.27. The molecule has 0 bridgehead atoms. The lowest BCUT2D eigenvalue weighted by atomic mass is 10.0. The Labute approximate surface area is 182 Å². The van der Waals surface area contributed by atoms with E-state index in [0.29, 0.717) is 12.4 Å². The van der Waals surface area contributed by atoms with Crippen molar-refractivity contribution in [2.45, 2.75) is 18.8 Å². The van der Waals surface area contributed by atoms with Gasteiger partial charge in [-0.3, -0.25) is 4.90 Å². The Hall–Kier alpha value is -3.32. The van der Waals surface area contributed by atoms with Crippen molar-refractivity contribution in [2.75, 3.05) is 4.90 Å². The Morgan fingerprint density at radius 3 is 2.26 bits per heavy atom. The quantitative estimate of drug-likeness (QED) is 0.519. The van der Waals surface area contributed by atoms with Crippen LogP contribution < -0.4 is 10.2 Å². The first kappa shape index (κ1) is 20.9. The number of hydrogen-bond acceptors (Lipinski definition) is 2. The minimum absolute atomic E-state index is 0.0656. The zero-order valence-corrected chi connectivity index (χ0v) is 16.9. The van der Waals surface area contributed by atoms with Gasteiger partial charge in [0, 0.05) is 12.2 Å². The molecule has 1 aliphatic rings. The van der Waals surface area contributed by atoms with E-state index in [-0.39, 0.29) is 5.69 Å². The number of alkyl halides is 3. The molecule has 3 aromatic carbocycles. The van der Waals surface area contributed by atoms with Crippen LogP contribution >= 0.6 is 11.6 Å². The number of halogens is 4. The summed E-state index contributed by atoms with van der Waals surface area (Å²) in [6.45, 7) is 0.415. The van der Waals surface area contributed by atoms with Crippen LogP contribution in [0.2, 0.25) is 5.02 Å². The predicted molar refractivity (Wildman–Crippen MR) is 114 cm³/mol. The number of nitrogens with one attached hydrogen (secondary N) is 1. The summed E-state index contributed by atoms with van der Waals surface area (Å²) >= 11 is 5.76. The molecule has 8 heteroatoms. The van der Waals surface area contributed by atoms with E-state index in [4.69, 9.17) is 11.6 Å². The highest BCUT2D eigenvalue weighted by molar-refractivity contribution is 6.31. The highest BCUT2D eigenvalue weighted by Gasteiger charge is 2.39. The molecule has 3 aromatic rings. The average Bonchev–Trinajstić information content (AvgIpc) is 3.09. The fraction of sp³-hybridized carbons (Fsp3) is 0.130.